The van der Waals surface area contributed by atoms with Gasteiger partial charge in [-0.1, -0.05) is 55.5 Å². The van der Waals surface area contributed by atoms with Gasteiger partial charge in [0.25, 0.3) is 0 Å². The average molecular weight is 438 g/mol. The van der Waals surface area contributed by atoms with Crippen molar-refractivity contribution >= 4 is 29.9 Å². The van der Waals surface area contributed by atoms with Crippen LogP contribution >= 0.6 is 12.4 Å². The van der Waals surface area contributed by atoms with Crippen LogP contribution in [0.3, 0.4) is 0 Å². The van der Waals surface area contributed by atoms with Gasteiger partial charge >= 0.3 is 5.97 Å². The van der Waals surface area contributed by atoms with Gasteiger partial charge in [-0.05, 0) is 59.9 Å². The molecule has 5 nitrogen and oxygen atoms in total. The summed E-state index contributed by atoms with van der Waals surface area (Å²) in [4.78, 5) is 12.7. The molecule has 31 heavy (non-hydrogen) atoms. The first-order valence-corrected chi connectivity index (χ1v) is 10.1. The van der Waals surface area contributed by atoms with Crippen molar-refractivity contribution in [1.29, 1.82) is 5.41 Å². The Bertz CT molecular complexity index is 1020. The van der Waals surface area contributed by atoms with Crippen LogP contribution in [0.15, 0.2) is 72.8 Å². The first-order chi connectivity index (χ1) is 14.5. The fourth-order valence-corrected chi connectivity index (χ4v) is 3.40. The first-order valence-electron chi connectivity index (χ1n) is 10.1. The van der Waals surface area contributed by atoms with Gasteiger partial charge in [0.1, 0.15) is 5.84 Å². The molecule has 0 bridgehead atoms. The van der Waals surface area contributed by atoms with Crippen molar-refractivity contribution in [2.24, 2.45) is 5.73 Å². The fraction of sp³-hybridized carbons (Fsp3) is 0.200. The molecule has 3 rings (SSSR count). The number of ether oxygens (including phenoxy) is 1. The van der Waals surface area contributed by atoms with Crippen molar-refractivity contribution in [2.75, 3.05) is 11.9 Å². The van der Waals surface area contributed by atoms with E-state index in [9.17, 15) is 4.79 Å². The Kier molecular flexibility index (Phi) is 8.64. The number of carbonyl (C=O) groups excluding carboxylic acids is 1. The number of hydrogen-bond donors (Lipinski definition) is 3. The highest BCUT2D eigenvalue weighted by molar-refractivity contribution is 5.95. The van der Waals surface area contributed by atoms with Crippen molar-refractivity contribution in [3.05, 3.63) is 89.5 Å². The molecular formula is C25H28ClN3O2. The predicted molar refractivity (Wildman–Crippen MR) is 129 cm³/mol. The minimum atomic E-state index is -0.636. The summed E-state index contributed by atoms with van der Waals surface area (Å²) in [5.41, 5.74) is 11.2. The van der Waals surface area contributed by atoms with E-state index in [1.165, 1.54) is 5.56 Å². The zero-order valence-electron chi connectivity index (χ0n) is 17.7. The second-order valence-corrected chi connectivity index (χ2v) is 6.96. The molecule has 3 aromatic carbocycles. The molecule has 1 unspecified atom stereocenters. The molecule has 0 aliphatic rings. The van der Waals surface area contributed by atoms with Crippen LogP contribution in [0.5, 0.6) is 0 Å². The zero-order valence-corrected chi connectivity index (χ0v) is 18.5. The van der Waals surface area contributed by atoms with Crippen LogP contribution in [0, 0.1) is 5.41 Å². The highest BCUT2D eigenvalue weighted by atomic mass is 35.5. The summed E-state index contributed by atoms with van der Waals surface area (Å²) in [7, 11) is 0. The Morgan fingerprint density at radius 1 is 1.03 bits per heavy atom. The maximum Gasteiger partial charge on any atom is 0.333 e. The van der Waals surface area contributed by atoms with Gasteiger partial charge in [-0.25, -0.2) is 4.79 Å². The lowest BCUT2D eigenvalue weighted by molar-refractivity contribution is -0.144. The number of esters is 1. The van der Waals surface area contributed by atoms with Gasteiger partial charge in [0.2, 0.25) is 0 Å². The molecule has 0 aliphatic heterocycles. The molecule has 0 saturated carbocycles. The number of nitrogens with two attached hydrogens (primary N) is 1. The van der Waals surface area contributed by atoms with E-state index >= 15 is 0 Å². The summed E-state index contributed by atoms with van der Waals surface area (Å²) in [6.07, 6.45) is 0.848. The summed E-state index contributed by atoms with van der Waals surface area (Å²) < 4.78 is 5.33. The van der Waals surface area contributed by atoms with Gasteiger partial charge < -0.3 is 15.8 Å². The highest BCUT2D eigenvalue weighted by Gasteiger charge is 2.23. The topological polar surface area (TPSA) is 88.2 Å². The van der Waals surface area contributed by atoms with Gasteiger partial charge in [0.05, 0.1) is 6.61 Å². The standard InChI is InChI=1S/C25H27N3O2.ClH/c1-3-17-16-20(12-15-22(17)18-8-6-5-7-9-18)23(25(29)30-4-2)28-21-13-10-19(11-14-21)24(26)27;/h5-16,23,28H,3-4H2,1-2H3,(H3,26,27);1H. The van der Waals surface area contributed by atoms with E-state index < -0.39 is 6.04 Å². The molecule has 0 fully saturated rings. The molecule has 4 N–H and O–H groups in total. The molecule has 0 aliphatic carbocycles. The predicted octanol–water partition coefficient (Wildman–Crippen LogP) is 5.34. The Morgan fingerprint density at radius 2 is 1.71 bits per heavy atom. The van der Waals surface area contributed by atoms with Crippen LogP contribution in [0.25, 0.3) is 11.1 Å². The van der Waals surface area contributed by atoms with Crippen LogP contribution in [-0.2, 0) is 16.0 Å². The molecule has 0 aromatic heterocycles. The normalized spacial score (nSPS) is 11.2. The van der Waals surface area contributed by atoms with E-state index in [0.717, 1.165) is 28.8 Å². The van der Waals surface area contributed by atoms with E-state index in [0.29, 0.717) is 12.2 Å². The minimum Gasteiger partial charge on any atom is -0.464 e. The van der Waals surface area contributed by atoms with E-state index in [1.54, 1.807) is 19.1 Å². The van der Waals surface area contributed by atoms with Gasteiger partial charge in [-0.2, -0.15) is 0 Å². The third-order valence-electron chi connectivity index (χ3n) is 4.96. The zero-order chi connectivity index (χ0) is 21.5. The van der Waals surface area contributed by atoms with Gasteiger partial charge in [0, 0.05) is 11.3 Å². The Balaban J connectivity index is 0.00000341. The largest absolute Gasteiger partial charge is 0.464 e. The third kappa shape index (κ3) is 5.86. The SMILES string of the molecule is CCOC(=O)C(Nc1ccc(C(=N)N)cc1)c1ccc(-c2ccccc2)c(CC)c1.Cl. The summed E-state index contributed by atoms with van der Waals surface area (Å²) in [6.45, 7) is 4.22. The summed E-state index contributed by atoms with van der Waals surface area (Å²) in [5.74, 6) is -0.324. The molecule has 0 radical (unpaired) electrons. The molecule has 0 saturated heterocycles. The second kappa shape index (κ2) is 11.2. The number of aryl methyl sites for hydroxylation is 1. The second-order valence-electron chi connectivity index (χ2n) is 6.96. The Hall–Kier alpha value is -3.31. The fourth-order valence-electron chi connectivity index (χ4n) is 3.40. The molecule has 0 amide bonds. The number of anilines is 1. The molecule has 162 valence electrons. The van der Waals surface area contributed by atoms with Crippen molar-refractivity contribution in [3.8, 4) is 11.1 Å². The van der Waals surface area contributed by atoms with Crippen LogP contribution in [-0.4, -0.2) is 18.4 Å². The summed E-state index contributed by atoms with van der Waals surface area (Å²) in [6, 6.07) is 22.8. The minimum absolute atomic E-state index is 0. The van der Waals surface area contributed by atoms with Gasteiger partial charge in [0.15, 0.2) is 6.04 Å². The number of benzene rings is 3. The number of amidine groups is 1. The third-order valence-corrected chi connectivity index (χ3v) is 4.96. The quantitative estimate of drug-likeness (QED) is 0.252. The maximum absolute atomic E-state index is 12.7. The molecule has 0 heterocycles. The number of hydrogen-bond acceptors (Lipinski definition) is 4. The average Bonchev–Trinajstić information content (AvgIpc) is 2.78. The lowest BCUT2D eigenvalue weighted by Crippen LogP contribution is -2.23. The molecule has 1 atom stereocenters. The first kappa shape index (κ1) is 24.0. The van der Waals surface area contributed by atoms with Crippen LogP contribution in [0.2, 0.25) is 0 Å². The number of halogens is 1. The van der Waals surface area contributed by atoms with Crippen molar-refractivity contribution < 1.29 is 9.53 Å². The van der Waals surface area contributed by atoms with E-state index in [-0.39, 0.29) is 24.2 Å². The molecule has 6 heteroatoms. The van der Waals surface area contributed by atoms with Crippen molar-refractivity contribution in [2.45, 2.75) is 26.3 Å². The van der Waals surface area contributed by atoms with E-state index in [2.05, 4.69) is 36.5 Å². The smallest absolute Gasteiger partial charge is 0.333 e. The number of rotatable bonds is 8. The number of nitrogens with one attached hydrogen (secondary N) is 2. The van der Waals surface area contributed by atoms with Gasteiger partial charge in [-0.15, -0.1) is 12.4 Å². The Labute approximate surface area is 189 Å². The Morgan fingerprint density at radius 3 is 2.29 bits per heavy atom. The van der Waals surface area contributed by atoms with E-state index in [1.807, 2.05) is 36.4 Å². The van der Waals surface area contributed by atoms with Gasteiger partial charge in [-0.3, -0.25) is 5.41 Å². The van der Waals surface area contributed by atoms with E-state index in [4.69, 9.17) is 15.9 Å². The van der Waals surface area contributed by atoms with Crippen LogP contribution in [0.1, 0.15) is 36.6 Å². The number of carbonyl (C=O) groups is 1. The molecule has 0 spiro atoms. The van der Waals surface area contributed by atoms with Crippen LogP contribution < -0.4 is 11.1 Å². The lowest BCUT2D eigenvalue weighted by atomic mass is 9.93. The lowest BCUT2D eigenvalue weighted by Gasteiger charge is -2.21. The summed E-state index contributed by atoms with van der Waals surface area (Å²) in [5, 5.41) is 10.8. The van der Waals surface area contributed by atoms with Crippen molar-refractivity contribution in [1.82, 2.24) is 0 Å². The number of nitrogen functional groups attached to an aromatic ring is 1. The highest BCUT2D eigenvalue weighted by Crippen LogP contribution is 2.29. The monoisotopic (exact) mass is 437 g/mol. The molecular weight excluding hydrogens is 410 g/mol. The van der Waals surface area contributed by atoms with Crippen LogP contribution in [0.4, 0.5) is 5.69 Å². The maximum atomic E-state index is 12.7. The molecule has 3 aromatic rings. The van der Waals surface area contributed by atoms with Crippen molar-refractivity contribution in [3.63, 3.8) is 0 Å². The summed E-state index contributed by atoms with van der Waals surface area (Å²) >= 11 is 0.